The van der Waals surface area contributed by atoms with Gasteiger partial charge in [0.05, 0.1) is 5.39 Å². The average Bonchev–Trinajstić information content (AvgIpc) is 3.24. The Labute approximate surface area is 151 Å². The molecule has 0 aliphatic carbocycles. The molecule has 1 N–H and O–H groups in total. The average molecular weight is 372 g/mol. The van der Waals surface area contributed by atoms with Crippen LogP contribution in [0.5, 0.6) is 0 Å². The highest BCUT2D eigenvalue weighted by molar-refractivity contribution is 8.01. The van der Waals surface area contributed by atoms with Gasteiger partial charge in [0.15, 0.2) is 4.34 Å². The van der Waals surface area contributed by atoms with Crippen molar-refractivity contribution in [2.75, 3.05) is 11.9 Å². The second kappa shape index (κ2) is 6.84. The molecule has 0 saturated heterocycles. The number of hydrogen-bond donors (Lipinski definition) is 1. The van der Waals surface area contributed by atoms with Crippen LogP contribution >= 0.6 is 34.4 Å². The molecule has 4 rings (SSSR count). The molecule has 0 aliphatic heterocycles. The summed E-state index contributed by atoms with van der Waals surface area (Å²) in [6.45, 7) is 2.87. The zero-order chi connectivity index (χ0) is 16.4. The first-order valence-corrected chi connectivity index (χ1v) is 9.89. The second-order valence-corrected chi connectivity index (χ2v) is 7.95. The molecule has 0 radical (unpaired) electrons. The van der Waals surface area contributed by atoms with Gasteiger partial charge >= 0.3 is 0 Å². The fraction of sp³-hybridized carbons (Fsp3) is 0.125. The van der Waals surface area contributed by atoms with Crippen molar-refractivity contribution in [2.24, 2.45) is 0 Å². The van der Waals surface area contributed by atoms with Crippen LogP contribution in [0.25, 0.3) is 21.3 Å². The summed E-state index contributed by atoms with van der Waals surface area (Å²) >= 11 is 4.71. The smallest absolute Gasteiger partial charge is 0.206 e. The largest absolute Gasteiger partial charge is 0.360 e. The van der Waals surface area contributed by atoms with Crippen molar-refractivity contribution >= 4 is 49.8 Å². The van der Waals surface area contributed by atoms with E-state index in [1.807, 2.05) is 25.1 Å². The van der Waals surface area contributed by atoms with E-state index in [1.165, 1.54) is 28.7 Å². The highest BCUT2D eigenvalue weighted by Crippen LogP contribution is 2.40. The summed E-state index contributed by atoms with van der Waals surface area (Å²) < 4.78 is 0.871. The molecule has 3 aromatic heterocycles. The molecule has 0 unspecified atom stereocenters. The van der Waals surface area contributed by atoms with Gasteiger partial charge in [-0.3, -0.25) is 0 Å². The van der Waals surface area contributed by atoms with Crippen LogP contribution in [0.1, 0.15) is 6.92 Å². The molecular formula is C16H13N5S3. The van der Waals surface area contributed by atoms with Crippen LogP contribution in [0.3, 0.4) is 0 Å². The first kappa shape index (κ1) is 15.5. The number of benzene rings is 1. The van der Waals surface area contributed by atoms with Crippen molar-refractivity contribution in [3.05, 3.63) is 42.0 Å². The Morgan fingerprint density at radius 3 is 2.83 bits per heavy atom. The lowest BCUT2D eigenvalue weighted by atomic mass is 10.1. The number of rotatable bonds is 5. The van der Waals surface area contributed by atoms with Gasteiger partial charge in [-0.15, -0.1) is 21.5 Å². The topological polar surface area (TPSA) is 63.6 Å². The van der Waals surface area contributed by atoms with Crippen LogP contribution < -0.4 is 5.32 Å². The minimum atomic E-state index is 0.832. The lowest BCUT2D eigenvalue weighted by molar-refractivity contribution is 0.998. The van der Waals surface area contributed by atoms with E-state index in [1.54, 1.807) is 17.7 Å². The molecule has 0 atom stereocenters. The van der Waals surface area contributed by atoms with E-state index in [2.05, 4.69) is 43.0 Å². The van der Waals surface area contributed by atoms with Crippen LogP contribution in [0.4, 0.5) is 5.13 Å². The van der Waals surface area contributed by atoms with E-state index >= 15 is 0 Å². The van der Waals surface area contributed by atoms with Gasteiger partial charge in [-0.25, -0.2) is 9.97 Å². The molecule has 0 aliphatic rings. The normalized spacial score (nSPS) is 11.0. The van der Waals surface area contributed by atoms with E-state index < -0.39 is 0 Å². The van der Waals surface area contributed by atoms with Gasteiger partial charge in [0, 0.05) is 17.5 Å². The standard InChI is InChI=1S/C16H13N5S3/c1-2-17-15-20-21-16(24-15)23-14-12-11(10-6-4-3-5-7-10)8-22-13(12)18-9-19-14/h3-9H,2H2,1H3,(H,17,20). The summed E-state index contributed by atoms with van der Waals surface area (Å²) in [7, 11) is 0. The number of nitrogens with zero attached hydrogens (tertiary/aromatic N) is 4. The van der Waals surface area contributed by atoms with E-state index in [9.17, 15) is 0 Å². The maximum absolute atomic E-state index is 4.49. The van der Waals surface area contributed by atoms with E-state index in [-0.39, 0.29) is 0 Å². The lowest BCUT2D eigenvalue weighted by Crippen LogP contribution is -1.94. The molecule has 0 fully saturated rings. The van der Waals surface area contributed by atoms with E-state index in [0.29, 0.717) is 0 Å². The van der Waals surface area contributed by atoms with Crippen LogP contribution in [-0.4, -0.2) is 26.7 Å². The molecule has 8 heteroatoms. The molecule has 3 heterocycles. The van der Waals surface area contributed by atoms with Crippen LogP contribution in [-0.2, 0) is 0 Å². The van der Waals surface area contributed by atoms with Crippen LogP contribution in [0, 0.1) is 0 Å². The monoisotopic (exact) mass is 371 g/mol. The summed E-state index contributed by atoms with van der Waals surface area (Å²) in [5.74, 6) is 0. The summed E-state index contributed by atoms with van der Waals surface area (Å²) in [6, 6.07) is 10.3. The molecule has 1 aromatic carbocycles. The number of anilines is 1. The van der Waals surface area contributed by atoms with Crippen molar-refractivity contribution in [3.63, 3.8) is 0 Å². The maximum atomic E-state index is 4.49. The third-order valence-electron chi connectivity index (χ3n) is 3.34. The fourth-order valence-electron chi connectivity index (χ4n) is 2.31. The molecule has 4 aromatic rings. The number of nitrogens with one attached hydrogen (secondary N) is 1. The number of hydrogen-bond acceptors (Lipinski definition) is 8. The molecule has 0 spiro atoms. The summed E-state index contributed by atoms with van der Waals surface area (Å²) in [5.41, 5.74) is 2.33. The van der Waals surface area contributed by atoms with E-state index in [0.717, 1.165) is 36.8 Å². The van der Waals surface area contributed by atoms with Crippen molar-refractivity contribution in [1.82, 2.24) is 20.2 Å². The number of fused-ring (bicyclic) bond motifs is 1. The second-order valence-electron chi connectivity index (χ2n) is 4.88. The van der Waals surface area contributed by atoms with Gasteiger partial charge < -0.3 is 5.32 Å². The van der Waals surface area contributed by atoms with Gasteiger partial charge in [-0.05, 0) is 24.2 Å². The third-order valence-corrected chi connectivity index (χ3v) is 6.16. The highest BCUT2D eigenvalue weighted by Gasteiger charge is 2.15. The van der Waals surface area contributed by atoms with Crippen molar-refractivity contribution in [2.45, 2.75) is 16.3 Å². The third kappa shape index (κ3) is 3.00. The van der Waals surface area contributed by atoms with Gasteiger partial charge in [0.25, 0.3) is 0 Å². The summed E-state index contributed by atoms with van der Waals surface area (Å²) in [5, 5.41) is 16.5. The van der Waals surface area contributed by atoms with Gasteiger partial charge in [0.1, 0.15) is 16.2 Å². The quantitative estimate of drug-likeness (QED) is 0.509. The van der Waals surface area contributed by atoms with Crippen LogP contribution in [0.15, 0.2) is 51.4 Å². The Balaban J connectivity index is 1.76. The minimum Gasteiger partial charge on any atom is -0.360 e. The van der Waals surface area contributed by atoms with Crippen molar-refractivity contribution in [3.8, 4) is 11.1 Å². The fourth-order valence-corrected chi connectivity index (χ4v) is 5.13. The van der Waals surface area contributed by atoms with Crippen molar-refractivity contribution in [1.29, 1.82) is 0 Å². The Bertz CT molecular complexity index is 964. The lowest BCUT2D eigenvalue weighted by Gasteiger charge is -2.03. The molecule has 120 valence electrons. The Morgan fingerprint density at radius 2 is 2.00 bits per heavy atom. The SMILES string of the molecule is CCNc1nnc(Sc2ncnc3scc(-c4ccccc4)c23)s1. The van der Waals surface area contributed by atoms with Crippen LogP contribution in [0.2, 0.25) is 0 Å². The molecule has 0 bridgehead atoms. The first-order valence-electron chi connectivity index (χ1n) is 7.38. The molecule has 0 amide bonds. The Morgan fingerprint density at radius 1 is 1.12 bits per heavy atom. The predicted octanol–water partition coefficient (Wildman–Crippen LogP) is 4.79. The van der Waals surface area contributed by atoms with Gasteiger partial charge in [0.2, 0.25) is 5.13 Å². The van der Waals surface area contributed by atoms with E-state index in [4.69, 9.17) is 0 Å². The molecule has 24 heavy (non-hydrogen) atoms. The minimum absolute atomic E-state index is 0.832. The molecular weight excluding hydrogens is 358 g/mol. The summed E-state index contributed by atoms with van der Waals surface area (Å²) in [6.07, 6.45) is 1.61. The Hall–Kier alpha value is -2.03. The van der Waals surface area contributed by atoms with Crippen molar-refractivity contribution < 1.29 is 0 Å². The number of aromatic nitrogens is 4. The zero-order valence-electron chi connectivity index (χ0n) is 12.8. The number of thiophene rings is 1. The highest BCUT2D eigenvalue weighted by atomic mass is 32.2. The van der Waals surface area contributed by atoms with Gasteiger partial charge in [-0.1, -0.05) is 41.7 Å². The Kier molecular flexibility index (Phi) is 4.42. The summed E-state index contributed by atoms with van der Waals surface area (Å²) in [4.78, 5) is 9.89. The van der Waals surface area contributed by atoms with Gasteiger partial charge in [-0.2, -0.15) is 0 Å². The zero-order valence-corrected chi connectivity index (χ0v) is 15.2. The first-order chi connectivity index (χ1) is 11.8. The molecule has 5 nitrogen and oxygen atoms in total. The maximum Gasteiger partial charge on any atom is 0.206 e. The predicted molar refractivity (Wildman–Crippen MR) is 101 cm³/mol. The molecule has 0 saturated carbocycles.